The van der Waals surface area contributed by atoms with Gasteiger partial charge in [-0.2, -0.15) is 0 Å². The lowest BCUT2D eigenvalue weighted by Crippen LogP contribution is -2.87. The molecule has 0 fully saturated rings. The molecule has 0 radical (unpaired) electrons. The van der Waals surface area contributed by atoms with Crippen molar-refractivity contribution in [3.63, 3.8) is 0 Å². The molecule has 4 rings (SSSR count). The van der Waals surface area contributed by atoms with Gasteiger partial charge in [0.25, 0.3) is 5.91 Å². The molecule has 2 aromatic carbocycles. The highest BCUT2D eigenvalue weighted by Gasteiger charge is 2.21. The number of hydrogen-bond acceptors (Lipinski definition) is 4. The number of benzene rings is 2. The van der Waals surface area contributed by atoms with E-state index in [-0.39, 0.29) is 25.3 Å². The zero-order valence-corrected chi connectivity index (χ0v) is 14.1. The third kappa shape index (κ3) is 3.55. The first kappa shape index (κ1) is 16.2. The molecule has 0 aliphatic carbocycles. The van der Waals surface area contributed by atoms with Gasteiger partial charge in [0.15, 0.2) is 29.8 Å². The van der Waals surface area contributed by atoms with Crippen molar-refractivity contribution in [2.75, 3.05) is 18.7 Å². The van der Waals surface area contributed by atoms with Gasteiger partial charge in [-0.1, -0.05) is 30.3 Å². The molecule has 0 spiro atoms. The third-order valence-electron chi connectivity index (χ3n) is 4.20. The SMILES string of the molecule is O=C(C[NH2+][C@H](c1ccccc1)c1ccco1)Nc1ccc2c(c1)OCO2. The van der Waals surface area contributed by atoms with E-state index in [1.165, 1.54) is 0 Å². The molecule has 1 aromatic heterocycles. The fourth-order valence-corrected chi connectivity index (χ4v) is 2.96. The number of fused-ring (bicyclic) bond motifs is 1. The van der Waals surface area contributed by atoms with Crippen molar-refractivity contribution < 1.29 is 24.0 Å². The third-order valence-corrected chi connectivity index (χ3v) is 4.20. The van der Waals surface area contributed by atoms with Gasteiger partial charge in [0.1, 0.15) is 0 Å². The van der Waals surface area contributed by atoms with Gasteiger partial charge in [-0.15, -0.1) is 0 Å². The molecule has 1 aliphatic heterocycles. The molecule has 6 heteroatoms. The summed E-state index contributed by atoms with van der Waals surface area (Å²) in [5.74, 6) is 2.05. The molecule has 132 valence electrons. The maximum atomic E-state index is 12.4. The summed E-state index contributed by atoms with van der Waals surface area (Å²) in [5.41, 5.74) is 1.76. The van der Waals surface area contributed by atoms with Crippen molar-refractivity contribution >= 4 is 11.6 Å². The molecule has 1 atom stereocenters. The Kier molecular flexibility index (Phi) is 4.57. The lowest BCUT2D eigenvalue weighted by Gasteiger charge is -2.14. The van der Waals surface area contributed by atoms with E-state index < -0.39 is 0 Å². The molecule has 6 nitrogen and oxygen atoms in total. The monoisotopic (exact) mass is 351 g/mol. The molecule has 0 saturated carbocycles. The molecule has 0 unspecified atom stereocenters. The molecule has 3 aromatic rings. The van der Waals surface area contributed by atoms with Crippen LogP contribution in [0.1, 0.15) is 17.4 Å². The van der Waals surface area contributed by atoms with Crippen molar-refractivity contribution in [2.45, 2.75) is 6.04 Å². The number of carbonyl (C=O) groups is 1. The van der Waals surface area contributed by atoms with Crippen LogP contribution < -0.4 is 20.1 Å². The largest absolute Gasteiger partial charge is 0.463 e. The summed E-state index contributed by atoms with van der Waals surface area (Å²) >= 11 is 0. The van der Waals surface area contributed by atoms with Crippen molar-refractivity contribution in [1.82, 2.24) is 0 Å². The highest BCUT2D eigenvalue weighted by molar-refractivity contribution is 5.91. The minimum Gasteiger partial charge on any atom is -0.463 e. The van der Waals surface area contributed by atoms with E-state index in [2.05, 4.69) is 5.32 Å². The molecule has 1 amide bonds. The van der Waals surface area contributed by atoms with Crippen LogP contribution in [-0.2, 0) is 4.79 Å². The molecule has 3 N–H and O–H groups in total. The first-order valence-electron chi connectivity index (χ1n) is 8.41. The summed E-state index contributed by atoms with van der Waals surface area (Å²) in [5, 5.41) is 4.84. The number of nitrogens with one attached hydrogen (secondary N) is 1. The Morgan fingerprint density at radius 2 is 1.88 bits per heavy atom. The first-order valence-corrected chi connectivity index (χ1v) is 8.41. The topological polar surface area (TPSA) is 77.3 Å². The van der Waals surface area contributed by atoms with Gasteiger partial charge < -0.3 is 24.5 Å². The van der Waals surface area contributed by atoms with Crippen molar-refractivity contribution in [2.24, 2.45) is 0 Å². The average molecular weight is 351 g/mol. The number of ether oxygens (including phenoxy) is 2. The lowest BCUT2D eigenvalue weighted by molar-refractivity contribution is -0.678. The van der Waals surface area contributed by atoms with Crippen LogP contribution in [0.3, 0.4) is 0 Å². The molecule has 0 bridgehead atoms. The quantitative estimate of drug-likeness (QED) is 0.714. The van der Waals surface area contributed by atoms with Crippen LogP contribution in [0.2, 0.25) is 0 Å². The van der Waals surface area contributed by atoms with E-state index in [1.807, 2.05) is 47.8 Å². The lowest BCUT2D eigenvalue weighted by atomic mass is 10.0. The summed E-state index contributed by atoms with van der Waals surface area (Å²) in [7, 11) is 0. The van der Waals surface area contributed by atoms with Crippen LogP contribution in [0, 0.1) is 0 Å². The van der Waals surface area contributed by atoms with Crippen molar-refractivity contribution in [3.8, 4) is 11.5 Å². The van der Waals surface area contributed by atoms with E-state index in [4.69, 9.17) is 13.9 Å². The maximum absolute atomic E-state index is 12.4. The van der Waals surface area contributed by atoms with Crippen LogP contribution >= 0.6 is 0 Å². The Hall–Kier alpha value is -3.25. The van der Waals surface area contributed by atoms with E-state index in [0.717, 1.165) is 11.3 Å². The minimum absolute atomic E-state index is 0.0753. The standard InChI is InChI=1S/C20H18N2O4/c23-19(22-15-8-9-16-18(11-15)26-13-25-16)12-21-20(17-7-4-10-24-17)14-5-2-1-3-6-14/h1-11,20-21H,12-13H2,(H,22,23)/p+1/t20-/m1/s1. The summed E-state index contributed by atoms with van der Waals surface area (Å²) < 4.78 is 16.2. The summed E-state index contributed by atoms with van der Waals surface area (Å²) in [6, 6.07) is 19.0. The predicted octanol–water partition coefficient (Wildman–Crippen LogP) is 2.30. The zero-order valence-electron chi connectivity index (χ0n) is 14.1. The fraction of sp³-hybridized carbons (Fsp3) is 0.150. The average Bonchev–Trinajstić information content (AvgIpc) is 3.34. The molecular formula is C20H19N2O4+. The summed E-state index contributed by atoms with van der Waals surface area (Å²) in [6.07, 6.45) is 1.64. The highest BCUT2D eigenvalue weighted by Crippen LogP contribution is 2.34. The number of amides is 1. The smallest absolute Gasteiger partial charge is 0.279 e. The number of anilines is 1. The van der Waals surface area contributed by atoms with Gasteiger partial charge in [0.2, 0.25) is 6.79 Å². The van der Waals surface area contributed by atoms with Crippen molar-refractivity contribution in [1.29, 1.82) is 0 Å². The second-order valence-corrected chi connectivity index (χ2v) is 5.96. The second kappa shape index (κ2) is 7.33. The Bertz CT molecular complexity index is 878. The Labute approximate surface area is 150 Å². The van der Waals surface area contributed by atoms with Crippen LogP contribution in [0.5, 0.6) is 11.5 Å². The number of quaternary nitrogens is 1. The molecule has 0 saturated heterocycles. The normalized spacial score (nSPS) is 13.4. The Morgan fingerprint density at radius 1 is 1.04 bits per heavy atom. The highest BCUT2D eigenvalue weighted by atomic mass is 16.7. The van der Waals surface area contributed by atoms with Gasteiger partial charge in [0, 0.05) is 17.3 Å². The molecule has 2 heterocycles. The van der Waals surface area contributed by atoms with E-state index in [0.29, 0.717) is 17.2 Å². The first-order chi connectivity index (χ1) is 12.8. The molecule has 26 heavy (non-hydrogen) atoms. The van der Waals surface area contributed by atoms with Crippen LogP contribution in [0.4, 0.5) is 5.69 Å². The van der Waals surface area contributed by atoms with E-state index >= 15 is 0 Å². The Morgan fingerprint density at radius 3 is 2.69 bits per heavy atom. The maximum Gasteiger partial charge on any atom is 0.279 e. The summed E-state index contributed by atoms with van der Waals surface area (Å²) in [6.45, 7) is 0.469. The second-order valence-electron chi connectivity index (χ2n) is 5.96. The van der Waals surface area contributed by atoms with Gasteiger partial charge in [0.05, 0.1) is 6.26 Å². The van der Waals surface area contributed by atoms with Crippen LogP contribution in [-0.4, -0.2) is 19.2 Å². The number of carbonyl (C=O) groups excluding carboxylic acids is 1. The zero-order chi connectivity index (χ0) is 17.8. The Balaban J connectivity index is 1.42. The number of furan rings is 1. The van der Waals surface area contributed by atoms with E-state index in [1.54, 1.807) is 24.5 Å². The van der Waals surface area contributed by atoms with Gasteiger partial charge in [-0.05, 0) is 24.3 Å². The molecule has 1 aliphatic rings. The van der Waals surface area contributed by atoms with Gasteiger partial charge in [-0.25, -0.2) is 0 Å². The predicted molar refractivity (Wildman–Crippen MR) is 95.0 cm³/mol. The van der Waals surface area contributed by atoms with Crippen LogP contribution in [0.15, 0.2) is 71.3 Å². The number of nitrogens with two attached hydrogens (primary N) is 1. The molecular weight excluding hydrogens is 332 g/mol. The summed E-state index contributed by atoms with van der Waals surface area (Å²) in [4.78, 5) is 12.4. The van der Waals surface area contributed by atoms with Crippen LogP contribution in [0.25, 0.3) is 0 Å². The van der Waals surface area contributed by atoms with E-state index in [9.17, 15) is 4.79 Å². The van der Waals surface area contributed by atoms with Crippen molar-refractivity contribution in [3.05, 3.63) is 78.3 Å². The fourth-order valence-electron chi connectivity index (χ4n) is 2.96. The van der Waals surface area contributed by atoms with Gasteiger partial charge in [-0.3, -0.25) is 4.79 Å². The minimum atomic E-state index is -0.101. The van der Waals surface area contributed by atoms with Gasteiger partial charge >= 0.3 is 0 Å². The number of rotatable bonds is 6. The number of hydrogen-bond donors (Lipinski definition) is 2.